The van der Waals surface area contributed by atoms with Gasteiger partial charge in [0.25, 0.3) is 5.56 Å². The molecule has 0 atom stereocenters. The lowest BCUT2D eigenvalue weighted by Gasteiger charge is -1.96. The largest absolute Gasteiger partial charge is 0.325 e. The second-order valence-electron chi connectivity index (χ2n) is 2.73. The first-order valence-electron chi connectivity index (χ1n) is 3.98. The zero-order chi connectivity index (χ0) is 10.8. The highest BCUT2D eigenvalue weighted by Crippen LogP contribution is 2.10. The van der Waals surface area contributed by atoms with Crippen LogP contribution in [0.5, 0.6) is 0 Å². The summed E-state index contributed by atoms with van der Waals surface area (Å²) in [6, 6.07) is 3.05. The number of rotatable bonds is 1. The molecule has 15 heavy (non-hydrogen) atoms. The van der Waals surface area contributed by atoms with E-state index < -0.39 is 11.2 Å². The third-order valence-corrected chi connectivity index (χ3v) is 1.93. The van der Waals surface area contributed by atoms with Crippen molar-refractivity contribution >= 4 is 11.6 Å². The van der Waals surface area contributed by atoms with Gasteiger partial charge in [0.2, 0.25) is 0 Å². The minimum atomic E-state index is -0.564. The van der Waals surface area contributed by atoms with Gasteiger partial charge in [0.1, 0.15) is 5.69 Å². The van der Waals surface area contributed by atoms with Crippen LogP contribution in [0.4, 0.5) is 0 Å². The molecule has 0 fully saturated rings. The number of hydrogen-bond donors (Lipinski definition) is 2. The van der Waals surface area contributed by atoms with Crippen molar-refractivity contribution < 1.29 is 0 Å². The lowest BCUT2D eigenvalue weighted by Crippen LogP contribution is -2.22. The lowest BCUT2D eigenvalue weighted by molar-refractivity contribution is 1.00. The molecule has 0 aromatic carbocycles. The quantitative estimate of drug-likeness (QED) is 0.723. The highest BCUT2D eigenvalue weighted by Gasteiger charge is 2.05. The molecule has 0 aliphatic heterocycles. The molecule has 0 amide bonds. The average molecular weight is 225 g/mol. The predicted octanol–water partition coefficient (Wildman–Crippen LogP) is 0.174. The summed E-state index contributed by atoms with van der Waals surface area (Å²) in [7, 11) is 0. The second-order valence-corrected chi connectivity index (χ2v) is 3.11. The Labute approximate surface area is 88.0 Å². The van der Waals surface area contributed by atoms with Crippen LogP contribution < -0.4 is 11.2 Å². The maximum atomic E-state index is 11.3. The van der Waals surface area contributed by atoms with Gasteiger partial charge < -0.3 is 4.98 Å². The van der Waals surface area contributed by atoms with Crippen molar-refractivity contribution in [1.29, 1.82) is 0 Å². The molecule has 0 saturated carbocycles. The van der Waals surface area contributed by atoms with Gasteiger partial charge in [-0.1, -0.05) is 11.6 Å². The van der Waals surface area contributed by atoms with Gasteiger partial charge in [-0.15, -0.1) is 10.2 Å². The van der Waals surface area contributed by atoms with Crippen molar-refractivity contribution in [2.24, 2.45) is 0 Å². The molecule has 0 radical (unpaired) electrons. The first-order valence-corrected chi connectivity index (χ1v) is 4.36. The first kappa shape index (κ1) is 9.60. The van der Waals surface area contributed by atoms with Gasteiger partial charge in [-0.3, -0.25) is 9.78 Å². The van der Waals surface area contributed by atoms with E-state index in [9.17, 15) is 9.59 Å². The zero-order valence-electron chi connectivity index (χ0n) is 7.32. The fraction of sp³-hybridized carbons (Fsp3) is 0. The fourth-order valence-corrected chi connectivity index (χ4v) is 1.16. The molecule has 76 valence electrons. The molecule has 2 rings (SSSR count). The van der Waals surface area contributed by atoms with Crippen LogP contribution in [0.25, 0.3) is 11.3 Å². The maximum absolute atomic E-state index is 11.3. The van der Waals surface area contributed by atoms with Crippen molar-refractivity contribution in [3.63, 3.8) is 0 Å². The summed E-state index contributed by atoms with van der Waals surface area (Å²) in [5.41, 5.74) is -0.503. The highest BCUT2D eigenvalue weighted by atomic mass is 35.5. The zero-order valence-corrected chi connectivity index (χ0v) is 8.08. The van der Waals surface area contributed by atoms with E-state index in [0.29, 0.717) is 5.69 Å². The number of nitrogens with one attached hydrogen (secondary N) is 2. The topological polar surface area (TPSA) is 91.5 Å². The number of H-pyrrole nitrogens is 2. The molecule has 6 nitrogen and oxygen atoms in total. The standard InChI is InChI=1S/C8H5ClN4O2/c9-6-2-1-5(12-13-6)4-3-10-8(15)11-7(4)14/h1-3H,(H2,10,11,14,15). The molecule has 0 saturated heterocycles. The van der Waals surface area contributed by atoms with Gasteiger partial charge in [-0.25, -0.2) is 4.79 Å². The molecule has 0 aliphatic rings. The monoisotopic (exact) mass is 224 g/mol. The Morgan fingerprint density at radius 3 is 2.60 bits per heavy atom. The molecule has 2 aromatic heterocycles. The van der Waals surface area contributed by atoms with Crippen LogP contribution in [0.1, 0.15) is 0 Å². The summed E-state index contributed by atoms with van der Waals surface area (Å²) in [5.74, 6) is 0. The number of halogens is 1. The number of aromatic nitrogens is 4. The molecular formula is C8H5ClN4O2. The first-order chi connectivity index (χ1) is 7.16. The molecule has 2 N–H and O–H groups in total. The Morgan fingerprint density at radius 1 is 1.20 bits per heavy atom. The van der Waals surface area contributed by atoms with Gasteiger partial charge in [0, 0.05) is 6.20 Å². The molecule has 0 spiro atoms. The van der Waals surface area contributed by atoms with Gasteiger partial charge in [-0.2, -0.15) is 0 Å². The molecule has 0 aliphatic carbocycles. The molecule has 2 aromatic rings. The van der Waals surface area contributed by atoms with Gasteiger partial charge in [0.15, 0.2) is 5.15 Å². The van der Waals surface area contributed by atoms with Crippen LogP contribution in [0.15, 0.2) is 27.9 Å². The summed E-state index contributed by atoms with van der Waals surface area (Å²) in [6.45, 7) is 0. The van der Waals surface area contributed by atoms with E-state index in [0.717, 1.165) is 0 Å². The molecule has 0 bridgehead atoms. The Kier molecular flexibility index (Phi) is 2.34. The van der Waals surface area contributed by atoms with Crippen molar-refractivity contribution in [3.8, 4) is 11.3 Å². The summed E-state index contributed by atoms with van der Waals surface area (Å²) in [4.78, 5) is 26.5. The lowest BCUT2D eigenvalue weighted by atomic mass is 10.2. The van der Waals surface area contributed by atoms with Gasteiger partial charge in [0.05, 0.1) is 5.56 Å². The van der Waals surface area contributed by atoms with Crippen LogP contribution in [-0.2, 0) is 0 Å². The van der Waals surface area contributed by atoms with E-state index in [4.69, 9.17) is 11.6 Å². The van der Waals surface area contributed by atoms with E-state index in [2.05, 4.69) is 20.2 Å². The minimum Gasteiger partial charge on any atom is -0.313 e. The summed E-state index contributed by atoms with van der Waals surface area (Å²) in [5, 5.41) is 7.54. The third kappa shape index (κ3) is 1.94. The predicted molar refractivity (Wildman–Crippen MR) is 53.7 cm³/mol. The normalized spacial score (nSPS) is 10.2. The van der Waals surface area contributed by atoms with Crippen LogP contribution >= 0.6 is 11.6 Å². The van der Waals surface area contributed by atoms with E-state index >= 15 is 0 Å². The number of nitrogens with zero attached hydrogens (tertiary/aromatic N) is 2. The van der Waals surface area contributed by atoms with Crippen LogP contribution in [0.2, 0.25) is 5.15 Å². The fourth-order valence-electron chi connectivity index (χ4n) is 1.06. The SMILES string of the molecule is O=c1[nH]cc(-c2ccc(Cl)nn2)c(=O)[nH]1. The highest BCUT2D eigenvalue weighted by molar-refractivity contribution is 6.29. The van der Waals surface area contributed by atoms with Crippen molar-refractivity contribution in [3.05, 3.63) is 44.3 Å². The van der Waals surface area contributed by atoms with Gasteiger partial charge >= 0.3 is 5.69 Å². The minimum absolute atomic E-state index is 0.235. The van der Waals surface area contributed by atoms with Crippen molar-refractivity contribution in [2.75, 3.05) is 0 Å². The third-order valence-electron chi connectivity index (χ3n) is 1.73. The smallest absolute Gasteiger partial charge is 0.313 e. The van der Waals surface area contributed by atoms with Gasteiger partial charge in [-0.05, 0) is 12.1 Å². The van der Waals surface area contributed by atoms with E-state index in [1.807, 2.05) is 0 Å². The van der Waals surface area contributed by atoms with E-state index in [1.165, 1.54) is 18.3 Å². The Hall–Kier alpha value is -1.95. The average Bonchev–Trinajstić information content (AvgIpc) is 2.20. The summed E-state index contributed by atoms with van der Waals surface area (Å²) >= 11 is 5.55. The van der Waals surface area contributed by atoms with E-state index in [-0.39, 0.29) is 10.7 Å². The van der Waals surface area contributed by atoms with Crippen LogP contribution in [0.3, 0.4) is 0 Å². The molecule has 7 heteroatoms. The number of aromatic amines is 2. The van der Waals surface area contributed by atoms with Crippen molar-refractivity contribution in [2.45, 2.75) is 0 Å². The molecule has 0 unspecified atom stereocenters. The Balaban J connectivity index is 2.59. The summed E-state index contributed by atoms with van der Waals surface area (Å²) in [6.07, 6.45) is 1.28. The maximum Gasteiger partial charge on any atom is 0.325 e. The van der Waals surface area contributed by atoms with Crippen molar-refractivity contribution in [1.82, 2.24) is 20.2 Å². The van der Waals surface area contributed by atoms with Crippen LogP contribution in [0, 0.1) is 0 Å². The second kappa shape index (κ2) is 3.66. The Bertz CT molecular complexity index is 587. The summed E-state index contributed by atoms with van der Waals surface area (Å²) < 4.78 is 0. The molecule has 2 heterocycles. The van der Waals surface area contributed by atoms with E-state index in [1.54, 1.807) is 0 Å². The Morgan fingerprint density at radius 2 is 2.00 bits per heavy atom. The molecular weight excluding hydrogens is 220 g/mol. The number of hydrogen-bond acceptors (Lipinski definition) is 4. The van der Waals surface area contributed by atoms with Crippen LogP contribution in [-0.4, -0.2) is 20.2 Å².